The lowest BCUT2D eigenvalue weighted by Gasteiger charge is -2.37. The van der Waals surface area contributed by atoms with Gasteiger partial charge in [-0.15, -0.1) is 11.3 Å². The number of anilines is 2. The Morgan fingerprint density at radius 1 is 1.17 bits per heavy atom. The highest BCUT2D eigenvalue weighted by Gasteiger charge is 2.39. The number of aromatic carboxylic acids is 1. The van der Waals surface area contributed by atoms with E-state index in [1.807, 2.05) is 13.0 Å². The third-order valence-electron chi connectivity index (χ3n) is 5.96. The number of fused-ring (bicyclic) bond motifs is 3. The van der Waals surface area contributed by atoms with Crippen LogP contribution in [0.25, 0.3) is 10.2 Å². The molecule has 0 radical (unpaired) electrons. The Morgan fingerprint density at radius 3 is 2.60 bits per heavy atom. The molecule has 0 bridgehead atoms. The topological polar surface area (TPSA) is 101 Å². The molecule has 178 valence electrons. The number of nitrogens with zero attached hydrogens (tertiary/aromatic N) is 2. The summed E-state index contributed by atoms with van der Waals surface area (Å²) in [5.41, 5.74) is 3.58. The first-order chi connectivity index (χ1) is 16.9. The van der Waals surface area contributed by atoms with Gasteiger partial charge in [-0.3, -0.25) is 9.69 Å². The van der Waals surface area contributed by atoms with Crippen molar-refractivity contribution in [3.63, 3.8) is 0 Å². The standard InChI is InChI=1S/C26H23N3O5S/c1-14-12-15(13-33-2)20-21-22(35-24(20)27-14)25(30)29(16-8-10-17(34-3)11-9-16)23(28-21)18-6-4-5-7-19(18)26(31)32/h4-12,23,28H,13H2,1-3H3,(H,31,32). The minimum absolute atomic E-state index is 0.116. The SMILES string of the molecule is COCc1cc(C)nc2sc3c(c12)NC(c1ccccc1C(=O)O)N(c1ccc(OC)cc1)C3=O. The number of carbonyl (C=O) groups excluding carboxylic acids is 1. The second kappa shape index (κ2) is 9.01. The number of carboxylic acids is 1. The minimum atomic E-state index is -1.07. The molecule has 9 heteroatoms. The molecular weight excluding hydrogens is 466 g/mol. The lowest BCUT2D eigenvalue weighted by atomic mass is 10.00. The summed E-state index contributed by atoms with van der Waals surface area (Å²) in [6, 6.07) is 15.8. The molecule has 5 rings (SSSR count). The summed E-state index contributed by atoms with van der Waals surface area (Å²) < 4.78 is 10.7. The van der Waals surface area contributed by atoms with E-state index in [9.17, 15) is 14.7 Å². The van der Waals surface area contributed by atoms with E-state index in [1.165, 1.54) is 11.3 Å². The number of benzene rings is 2. The van der Waals surface area contributed by atoms with Crippen LogP contribution in [0.4, 0.5) is 11.4 Å². The highest BCUT2D eigenvalue weighted by Crippen LogP contribution is 2.46. The van der Waals surface area contributed by atoms with Gasteiger partial charge in [0.15, 0.2) is 0 Å². The largest absolute Gasteiger partial charge is 0.497 e. The van der Waals surface area contributed by atoms with Gasteiger partial charge in [0.1, 0.15) is 21.6 Å². The highest BCUT2D eigenvalue weighted by molar-refractivity contribution is 7.21. The number of hydrogen-bond donors (Lipinski definition) is 2. The number of nitrogens with one attached hydrogen (secondary N) is 1. The van der Waals surface area contributed by atoms with Crippen LogP contribution in [-0.4, -0.2) is 36.2 Å². The van der Waals surface area contributed by atoms with Crippen LogP contribution in [0.15, 0.2) is 54.6 Å². The van der Waals surface area contributed by atoms with Crippen LogP contribution in [-0.2, 0) is 11.3 Å². The van der Waals surface area contributed by atoms with Crippen LogP contribution < -0.4 is 15.0 Å². The Balaban J connectivity index is 1.75. The van der Waals surface area contributed by atoms with Crippen molar-refractivity contribution in [3.05, 3.63) is 81.9 Å². The number of thiophene rings is 1. The number of amides is 1. The van der Waals surface area contributed by atoms with Crippen molar-refractivity contribution in [1.29, 1.82) is 0 Å². The molecule has 0 saturated carbocycles. The van der Waals surface area contributed by atoms with Crippen molar-refractivity contribution in [2.75, 3.05) is 24.4 Å². The van der Waals surface area contributed by atoms with Crippen LogP contribution in [0.3, 0.4) is 0 Å². The first kappa shape index (κ1) is 22.8. The Kier molecular flexibility index (Phi) is 5.88. The Labute approximate surface area is 205 Å². The van der Waals surface area contributed by atoms with E-state index in [4.69, 9.17) is 9.47 Å². The van der Waals surface area contributed by atoms with E-state index in [2.05, 4.69) is 10.3 Å². The maximum absolute atomic E-state index is 14.0. The van der Waals surface area contributed by atoms with E-state index in [-0.39, 0.29) is 11.5 Å². The predicted molar refractivity (Wildman–Crippen MR) is 135 cm³/mol. The molecule has 0 fully saturated rings. The van der Waals surface area contributed by atoms with E-state index in [1.54, 1.807) is 67.7 Å². The van der Waals surface area contributed by atoms with Crippen molar-refractivity contribution in [2.45, 2.75) is 19.7 Å². The number of carboxylic acid groups (broad SMARTS) is 1. The molecule has 1 aliphatic heterocycles. The van der Waals surface area contributed by atoms with Crippen molar-refractivity contribution >= 4 is 44.8 Å². The van der Waals surface area contributed by atoms with Gasteiger partial charge in [0.05, 0.1) is 25.0 Å². The lowest BCUT2D eigenvalue weighted by molar-refractivity contribution is 0.0694. The van der Waals surface area contributed by atoms with E-state index in [0.29, 0.717) is 34.2 Å². The fourth-order valence-electron chi connectivity index (χ4n) is 4.45. The summed E-state index contributed by atoms with van der Waals surface area (Å²) in [7, 11) is 3.20. The third-order valence-corrected chi connectivity index (χ3v) is 7.03. The fourth-order valence-corrected chi connectivity index (χ4v) is 5.62. The Bertz CT molecular complexity index is 1450. The molecule has 2 aromatic heterocycles. The van der Waals surface area contributed by atoms with E-state index in [0.717, 1.165) is 21.5 Å². The molecule has 1 amide bonds. The zero-order valence-electron chi connectivity index (χ0n) is 19.4. The normalized spacial score (nSPS) is 15.1. The average Bonchev–Trinajstić information content (AvgIpc) is 3.23. The van der Waals surface area contributed by atoms with E-state index >= 15 is 0 Å². The molecule has 4 aromatic rings. The molecule has 8 nitrogen and oxygen atoms in total. The van der Waals surface area contributed by atoms with Gasteiger partial charge in [-0.2, -0.15) is 0 Å². The van der Waals surface area contributed by atoms with Crippen LogP contribution in [0.2, 0.25) is 0 Å². The summed E-state index contributed by atoms with van der Waals surface area (Å²) in [6.45, 7) is 2.26. The van der Waals surface area contributed by atoms with Gasteiger partial charge in [0.2, 0.25) is 0 Å². The molecule has 2 aromatic carbocycles. The first-order valence-electron chi connectivity index (χ1n) is 10.9. The van der Waals surface area contributed by atoms with Crippen LogP contribution >= 0.6 is 11.3 Å². The molecule has 1 aliphatic rings. The number of aryl methyl sites for hydroxylation is 1. The Hall–Kier alpha value is -3.95. The second-order valence-corrected chi connectivity index (χ2v) is 9.15. The van der Waals surface area contributed by atoms with Crippen LogP contribution in [0.1, 0.15) is 43.0 Å². The molecular formula is C26H23N3O5S. The van der Waals surface area contributed by atoms with Gasteiger partial charge in [-0.05, 0) is 48.9 Å². The molecule has 1 unspecified atom stereocenters. The third kappa shape index (κ3) is 3.88. The van der Waals surface area contributed by atoms with Gasteiger partial charge in [0, 0.05) is 29.4 Å². The predicted octanol–water partition coefficient (Wildman–Crippen LogP) is 5.23. The first-order valence-corrected chi connectivity index (χ1v) is 11.7. The monoisotopic (exact) mass is 489 g/mol. The fraction of sp³-hybridized carbons (Fsp3) is 0.192. The summed E-state index contributed by atoms with van der Waals surface area (Å²) in [5, 5.41) is 14.2. The molecule has 1 atom stereocenters. The van der Waals surface area contributed by atoms with Crippen molar-refractivity contribution < 1.29 is 24.2 Å². The van der Waals surface area contributed by atoms with Crippen LogP contribution in [0, 0.1) is 6.92 Å². The van der Waals surface area contributed by atoms with Gasteiger partial charge >= 0.3 is 5.97 Å². The zero-order valence-corrected chi connectivity index (χ0v) is 20.2. The van der Waals surface area contributed by atoms with Crippen molar-refractivity contribution in [3.8, 4) is 5.75 Å². The second-order valence-electron chi connectivity index (χ2n) is 8.15. The Morgan fingerprint density at radius 2 is 1.91 bits per heavy atom. The number of methoxy groups -OCH3 is 2. The number of aromatic nitrogens is 1. The van der Waals surface area contributed by atoms with Crippen LogP contribution in [0.5, 0.6) is 5.75 Å². The zero-order chi connectivity index (χ0) is 24.7. The van der Waals surface area contributed by atoms with Gasteiger partial charge in [-0.25, -0.2) is 9.78 Å². The maximum atomic E-state index is 14.0. The minimum Gasteiger partial charge on any atom is -0.497 e. The highest BCUT2D eigenvalue weighted by atomic mass is 32.1. The number of hydrogen-bond acceptors (Lipinski definition) is 7. The summed E-state index contributed by atoms with van der Waals surface area (Å²) in [4.78, 5) is 33.6. The van der Waals surface area contributed by atoms with E-state index < -0.39 is 12.1 Å². The number of ether oxygens (including phenoxy) is 2. The molecule has 0 aliphatic carbocycles. The van der Waals surface area contributed by atoms with Gasteiger partial charge < -0.3 is 19.9 Å². The van der Waals surface area contributed by atoms with Gasteiger partial charge in [0.25, 0.3) is 5.91 Å². The lowest BCUT2D eigenvalue weighted by Crippen LogP contribution is -2.43. The summed E-state index contributed by atoms with van der Waals surface area (Å²) in [6.07, 6.45) is -0.759. The molecule has 35 heavy (non-hydrogen) atoms. The van der Waals surface area contributed by atoms with Crippen molar-refractivity contribution in [2.24, 2.45) is 0 Å². The molecule has 0 saturated heterocycles. The maximum Gasteiger partial charge on any atom is 0.336 e. The number of carbonyl (C=O) groups is 2. The molecule has 2 N–H and O–H groups in total. The summed E-state index contributed by atoms with van der Waals surface area (Å²) >= 11 is 1.31. The average molecular weight is 490 g/mol. The summed E-state index contributed by atoms with van der Waals surface area (Å²) in [5.74, 6) is -0.652. The number of pyridine rings is 1. The number of rotatable bonds is 6. The van der Waals surface area contributed by atoms with Crippen molar-refractivity contribution in [1.82, 2.24) is 4.98 Å². The smallest absolute Gasteiger partial charge is 0.336 e. The quantitative estimate of drug-likeness (QED) is 0.382. The molecule has 3 heterocycles. The van der Waals surface area contributed by atoms with Gasteiger partial charge in [-0.1, -0.05) is 18.2 Å². The molecule has 0 spiro atoms.